The molecule has 2 nitrogen and oxygen atoms in total. The first kappa shape index (κ1) is 14.0. The van der Waals surface area contributed by atoms with Crippen molar-refractivity contribution in [3.63, 3.8) is 0 Å². The summed E-state index contributed by atoms with van der Waals surface area (Å²) in [5.41, 5.74) is 8.75. The molecule has 0 aliphatic heterocycles. The van der Waals surface area contributed by atoms with E-state index < -0.39 is 0 Å². The van der Waals surface area contributed by atoms with Crippen molar-refractivity contribution >= 4 is 17.2 Å². The summed E-state index contributed by atoms with van der Waals surface area (Å²) in [6.07, 6.45) is 3.53. The monoisotopic (exact) mass is 251 g/mol. The van der Waals surface area contributed by atoms with E-state index in [1.165, 1.54) is 12.8 Å². The van der Waals surface area contributed by atoms with Gasteiger partial charge in [0, 0.05) is 5.56 Å². The van der Waals surface area contributed by atoms with Crippen LogP contribution < -0.4 is 10.5 Å². The summed E-state index contributed by atoms with van der Waals surface area (Å²) in [5.74, 6) is 0.973. The Morgan fingerprint density at radius 2 is 1.82 bits per heavy atom. The first-order valence-electron chi connectivity index (χ1n) is 6.10. The summed E-state index contributed by atoms with van der Waals surface area (Å²) < 4.78 is 5.82. The van der Waals surface area contributed by atoms with Crippen LogP contribution in [0, 0.1) is 13.8 Å². The van der Waals surface area contributed by atoms with Crippen molar-refractivity contribution in [3.8, 4) is 5.75 Å². The molecular weight excluding hydrogens is 230 g/mol. The second-order valence-electron chi connectivity index (χ2n) is 4.36. The molecule has 0 bridgehead atoms. The molecule has 0 unspecified atom stereocenters. The molecule has 0 spiro atoms. The fourth-order valence-electron chi connectivity index (χ4n) is 1.85. The van der Waals surface area contributed by atoms with Crippen molar-refractivity contribution in [1.82, 2.24) is 0 Å². The Morgan fingerprint density at radius 1 is 1.24 bits per heavy atom. The van der Waals surface area contributed by atoms with Gasteiger partial charge in [0.2, 0.25) is 0 Å². The molecule has 1 aromatic rings. The predicted molar refractivity (Wildman–Crippen MR) is 76.8 cm³/mol. The number of ether oxygens (including phenoxy) is 1. The highest BCUT2D eigenvalue weighted by atomic mass is 32.1. The summed E-state index contributed by atoms with van der Waals surface area (Å²) in [5, 5.41) is 0. The number of nitrogens with two attached hydrogens (primary N) is 1. The first-order chi connectivity index (χ1) is 8.06. The van der Waals surface area contributed by atoms with Gasteiger partial charge in [-0.3, -0.25) is 0 Å². The summed E-state index contributed by atoms with van der Waals surface area (Å²) in [6.45, 7) is 7.03. The van der Waals surface area contributed by atoms with Crippen molar-refractivity contribution in [2.45, 2.75) is 40.0 Å². The van der Waals surface area contributed by atoms with Crippen LogP contribution in [-0.2, 0) is 0 Å². The fourth-order valence-corrected chi connectivity index (χ4v) is 1.96. The van der Waals surface area contributed by atoms with Crippen LogP contribution in [0.5, 0.6) is 5.75 Å². The third-order valence-corrected chi connectivity index (χ3v) is 2.97. The van der Waals surface area contributed by atoms with Gasteiger partial charge in [0.15, 0.2) is 0 Å². The lowest BCUT2D eigenvalue weighted by molar-refractivity contribution is 0.302. The summed E-state index contributed by atoms with van der Waals surface area (Å²) >= 11 is 4.98. The van der Waals surface area contributed by atoms with Crippen molar-refractivity contribution in [3.05, 3.63) is 28.8 Å². The topological polar surface area (TPSA) is 35.2 Å². The average Bonchev–Trinajstić information content (AvgIpc) is 2.26. The maximum Gasteiger partial charge on any atom is 0.125 e. The SMILES string of the molecule is CCCCCOc1c(C)cc(C(N)=S)cc1C. The van der Waals surface area contributed by atoms with E-state index in [0.29, 0.717) is 4.99 Å². The second kappa shape index (κ2) is 6.60. The van der Waals surface area contributed by atoms with Crippen molar-refractivity contribution in [2.24, 2.45) is 5.73 Å². The quantitative estimate of drug-likeness (QED) is 0.621. The number of hydrogen-bond donors (Lipinski definition) is 1. The van der Waals surface area contributed by atoms with E-state index in [1.807, 2.05) is 26.0 Å². The zero-order valence-corrected chi connectivity index (χ0v) is 11.7. The van der Waals surface area contributed by atoms with E-state index in [1.54, 1.807) is 0 Å². The number of rotatable bonds is 6. The zero-order valence-electron chi connectivity index (χ0n) is 10.9. The molecule has 0 saturated carbocycles. The molecule has 0 radical (unpaired) electrons. The standard InChI is InChI=1S/C14H21NOS/c1-4-5-6-7-16-13-10(2)8-12(14(15)17)9-11(13)3/h8-9H,4-7H2,1-3H3,(H2,15,17). The van der Waals surface area contributed by atoms with Gasteiger partial charge in [-0.2, -0.15) is 0 Å². The summed E-state index contributed by atoms with van der Waals surface area (Å²) in [7, 11) is 0. The van der Waals surface area contributed by atoms with E-state index in [2.05, 4.69) is 6.92 Å². The van der Waals surface area contributed by atoms with E-state index in [4.69, 9.17) is 22.7 Å². The van der Waals surface area contributed by atoms with Gasteiger partial charge in [-0.25, -0.2) is 0 Å². The molecule has 3 heteroatoms. The Hall–Kier alpha value is -1.09. The molecule has 0 aliphatic rings. The van der Waals surface area contributed by atoms with E-state index in [-0.39, 0.29) is 0 Å². The highest BCUT2D eigenvalue weighted by molar-refractivity contribution is 7.80. The van der Waals surface area contributed by atoms with Crippen LogP contribution in [0.3, 0.4) is 0 Å². The molecule has 0 heterocycles. The molecule has 2 N–H and O–H groups in total. The molecule has 0 aromatic heterocycles. The Balaban J connectivity index is 2.76. The lowest BCUT2D eigenvalue weighted by atomic mass is 10.1. The molecule has 17 heavy (non-hydrogen) atoms. The van der Waals surface area contributed by atoms with Gasteiger partial charge >= 0.3 is 0 Å². The Labute approximate surface area is 109 Å². The van der Waals surface area contributed by atoms with Gasteiger partial charge in [-0.15, -0.1) is 0 Å². The number of thiocarbonyl (C=S) groups is 1. The van der Waals surface area contributed by atoms with Crippen LogP contribution in [0.25, 0.3) is 0 Å². The van der Waals surface area contributed by atoms with E-state index >= 15 is 0 Å². The Morgan fingerprint density at radius 3 is 2.29 bits per heavy atom. The van der Waals surface area contributed by atoms with Crippen molar-refractivity contribution < 1.29 is 4.74 Å². The molecule has 94 valence electrons. The minimum Gasteiger partial charge on any atom is -0.493 e. The third kappa shape index (κ3) is 4.00. The van der Waals surface area contributed by atoms with Crippen LogP contribution in [0.15, 0.2) is 12.1 Å². The normalized spacial score (nSPS) is 10.3. The molecule has 0 fully saturated rings. The summed E-state index contributed by atoms with van der Waals surface area (Å²) in [6, 6.07) is 3.98. The van der Waals surface area contributed by atoms with Gasteiger partial charge in [0.25, 0.3) is 0 Å². The molecule has 0 aliphatic carbocycles. The predicted octanol–water partition coefficient (Wildman–Crippen LogP) is 3.51. The molecule has 0 amide bonds. The van der Waals surface area contributed by atoms with E-state index in [0.717, 1.165) is 35.5 Å². The maximum absolute atomic E-state index is 5.82. The highest BCUT2D eigenvalue weighted by Gasteiger charge is 2.07. The largest absolute Gasteiger partial charge is 0.493 e. The van der Waals surface area contributed by atoms with Crippen molar-refractivity contribution in [2.75, 3.05) is 6.61 Å². The lowest BCUT2D eigenvalue weighted by Crippen LogP contribution is -2.10. The zero-order chi connectivity index (χ0) is 12.8. The molecule has 0 saturated heterocycles. The summed E-state index contributed by atoms with van der Waals surface area (Å²) in [4.78, 5) is 0.439. The van der Waals surface area contributed by atoms with Gasteiger partial charge in [-0.1, -0.05) is 32.0 Å². The number of unbranched alkanes of at least 4 members (excludes halogenated alkanes) is 2. The minimum atomic E-state index is 0.439. The van der Waals surface area contributed by atoms with Gasteiger partial charge in [-0.05, 0) is 43.5 Å². The molecule has 1 rings (SSSR count). The Bertz CT molecular complexity index is 378. The van der Waals surface area contributed by atoms with Crippen LogP contribution in [0.2, 0.25) is 0 Å². The van der Waals surface area contributed by atoms with Crippen LogP contribution >= 0.6 is 12.2 Å². The Kier molecular flexibility index (Phi) is 5.42. The van der Waals surface area contributed by atoms with Gasteiger partial charge in [0.05, 0.1) is 6.61 Å². The maximum atomic E-state index is 5.82. The van der Waals surface area contributed by atoms with Crippen LogP contribution in [0.1, 0.15) is 42.9 Å². The van der Waals surface area contributed by atoms with Gasteiger partial charge in [0.1, 0.15) is 10.7 Å². The molecule has 0 atom stereocenters. The lowest BCUT2D eigenvalue weighted by Gasteiger charge is -2.13. The number of aryl methyl sites for hydroxylation is 2. The fraction of sp³-hybridized carbons (Fsp3) is 0.500. The average molecular weight is 251 g/mol. The third-order valence-electron chi connectivity index (χ3n) is 2.74. The van der Waals surface area contributed by atoms with Crippen LogP contribution in [-0.4, -0.2) is 11.6 Å². The van der Waals surface area contributed by atoms with Crippen LogP contribution in [0.4, 0.5) is 0 Å². The first-order valence-corrected chi connectivity index (χ1v) is 6.51. The minimum absolute atomic E-state index is 0.439. The highest BCUT2D eigenvalue weighted by Crippen LogP contribution is 2.25. The number of hydrogen-bond acceptors (Lipinski definition) is 2. The molecule has 1 aromatic carbocycles. The van der Waals surface area contributed by atoms with Gasteiger partial charge < -0.3 is 10.5 Å². The van der Waals surface area contributed by atoms with E-state index in [9.17, 15) is 0 Å². The molecular formula is C14H21NOS. The van der Waals surface area contributed by atoms with Crippen molar-refractivity contribution in [1.29, 1.82) is 0 Å². The number of benzene rings is 1. The second-order valence-corrected chi connectivity index (χ2v) is 4.80. The smallest absolute Gasteiger partial charge is 0.125 e.